The van der Waals surface area contributed by atoms with Gasteiger partial charge in [0.15, 0.2) is 5.76 Å². The van der Waals surface area contributed by atoms with E-state index in [2.05, 4.69) is 15.0 Å². The summed E-state index contributed by atoms with van der Waals surface area (Å²) in [6.07, 6.45) is 1.98. The van der Waals surface area contributed by atoms with E-state index < -0.39 is 10.0 Å². The van der Waals surface area contributed by atoms with E-state index in [1.807, 2.05) is 4.90 Å². The third kappa shape index (κ3) is 4.37. The Morgan fingerprint density at radius 3 is 2.81 bits per heavy atom. The second-order valence-electron chi connectivity index (χ2n) is 6.45. The molecule has 0 amide bonds. The zero-order chi connectivity index (χ0) is 19.6. The molecule has 2 aromatic rings. The Hall–Kier alpha value is -2.24. The quantitative estimate of drug-likeness (QED) is 0.721. The van der Waals surface area contributed by atoms with Gasteiger partial charge in [-0.15, -0.1) is 0 Å². The lowest BCUT2D eigenvalue weighted by molar-refractivity contribution is 0.0363. The van der Waals surface area contributed by atoms with Gasteiger partial charge in [0.25, 0.3) is 5.56 Å². The fraction of sp³-hybridized carbons (Fsp3) is 0.562. The predicted molar refractivity (Wildman–Crippen MR) is 97.2 cm³/mol. The molecular formula is C16H23N5O5S. The zero-order valence-corrected chi connectivity index (χ0v) is 16.3. The van der Waals surface area contributed by atoms with Crippen molar-refractivity contribution in [1.82, 2.24) is 19.7 Å². The molecule has 1 N–H and O–H groups in total. The Bertz CT molecular complexity index is 948. The van der Waals surface area contributed by atoms with E-state index in [1.54, 1.807) is 27.1 Å². The third-order valence-corrected chi connectivity index (χ3v) is 6.16. The van der Waals surface area contributed by atoms with Crippen LogP contribution >= 0.6 is 0 Å². The molecule has 0 aliphatic carbocycles. The number of rotatable bonds is 6. The number of aromatic nitrogens is 3. The topological polar surface area (TPSA) is 120 Å². The van der Waals surface area contributed by atoms with Crippen molar-refractivity contribution >= 4 is 15.7 Å². The molecule has 0 unspecified atom stereocenters. The van der Waals surface area contributed by atoms with Gasteiger partial charge in [0, 0.05) is 32.7 Å². The van der Waals surface area contributed by atoms with Gasteiger partial charge in [0.1, 0.15) is 10.6 Å². The summed E-state index contributed by atoms with van der Waals surface area (Å²) in [6.45, 7) is 5.08. The van der Waals surface area contributed by atoms with Crippen LogP contribution in [0, 0.1) is 13.8 Å². The Labute approximate surface area is 157 Å². The molecule has 1 aliphatic heterocycles. The molecule has 3 heterocycles. The monoisotopic (exact) mass is 397 g/mol. The van der Waals surface area contributed by atoms with Crippen LogP contribution < -0.4 is 15.2 Å². The van der Waals surface area contributed by atoms with Crippen LogP contribution in [0.3, 0.4) is 0 Å². The van der Waals surface area contributed by atoms with Crippen LogP contribution in [-0.2, 0) is 21.8 Å². The molecule has 1 fully saturated rings. The van der Waals surface area contributed by atoms with Crippen molar-refractivity contribution in [3.8, 4) is 0 Å². The minimum atomic E-state index is -3.68. The first-order valence-electron chi connectivity index (χ1n) is 8.60. The molecular weight excluding hydrogens is 374 g/mol. The molecule has 1 saturated heterocycles. The van der Waals surface area contributed by atoms with Gasteiger partial charge in [-0.2, -0.15) is 5.10 Å². The fourth-order valence-corrected chi connectivity index (χ4v) is 4.42. The standard InChI is InChI=1S/C16H23N5O5S/c1-11-16(12(2)26-19-11)27(23,24)18-5-4-14-10-21(6-7-25-14)13-8-15(22)20(3)17-9-13/h8-9,14,18H,4-7,10H2,1-3H3/t14-/m0/s1. The summed E-state index contributed by atoms with van der Waals surface area (Å²) in [6, 6.07) is 1.54. The lowest BCUT2D eigenvalue weighted by Crippen LogP contribution is -2.44. The maximum Gasteiger partial charge on any atom is 0.268 e. The summed E-state index contributed by atoms with van der Waals surface area (Å²) < 4.78 is 39.3. The highest BCUT2D eigenvalue weighted by molar-refractivity contribution is 7.89. The molecule has 10 nitrogen and oxygen atoms in total. The van der Waals surface area contributed by atoms with E-state index in [9.17, 15) is 13.2 Å². The van der Waals surface area contributed by atoms with Gasteiger partial charge in [-0.1, -0.05) is 5.16 Å². The Morgan fingerprint density at radius 1 is 1.37 bits per heavy atom. The van der Waals surface area contributed by atoms with Gasteiger partial charge in [0.05, 0.1) is 24.6 Å². The SMILES string of the molecule is Cc1noc(C)c1S(=O)(=O)NCC[C@H]1CN(c2cnn(C)c(=O)c2)CCO1. The Kier molecular flexibility index (Phi) is 5.63. The van der Waals surface area contributed by atoms with E-state index in [0.29, 0.717) is 31.8 Å². The normalized spacial score (nSPS) is 18.0. The van der Waals surface area contributed by atoms with E-state index in [-0.39, 0.29) is 28.9 Å². The Morgan fingerprint density at radius 2 is 2.15 bits per heavy atom. The lowest BCUT2D eigenvalue weighted by atomic mass is 10.2. The highest BCUT2D eigenvalue weighted by atomic mass is 32.2. The largest absolute Gasteiger partial charge is 0.374 e. The van der Waals surface area contributed by atoms with Crippen LogP contribution in [0.1, 0.15) is 17.9 Å². The summed E-state index contributed by atoms with van der Waals surface area (Å²) in [5.74, 6) is 0.262. The lowest BCUT2D eigenvalue weighted by Gasteiger charge is -2.34. The molecule has 27 heavy (non-hydrogen) atoms. The molecule has 3 rings (SSSR count). The van der Waals surface area contributed by atoms with E-state index in [1.165, 1.54) is 10.7 Å². The molecule has 0 radical (unpaired) electrons. The number of sulfonamides is 1. The van der Waals surface area contributed by atoms with E-state index in [4.69, 9.17) is 9.26 Å². The van der Waals surface area contributed by atoms with Crippen molar-refractivity contribution in [2.75, 3.05) is 31.1 Å². The molecule has 148 valence electrons. The minimum absolute atomic E-state index is 0.0832. The molecule has 1 aliphatic rings. The molecule has 1 atom stereocenters. The van der Waals surface area contributed by atoms with E-state index in [0.717, 1.165) is 5.69 Å². The van der Waals surface area contributed by atoms with Crippen LogP contribution in [0.25, 0.3) is 0 Å². The average Bonchev–Trinajstić information content (AvgIpc) is 2.97. The number of ether oxygens (including phenoxy) is 1. The third-order valence-electron chi connectivity index (χ3n) is 4.45. The summed E-state index contributed by atoms with van der Waals surface area (Å²) in [5, 5.41) is 7.71. The second-order valence-corrected chi connectivity index (χ2v) is 8.16. The average molecular weight is 397 g/mol. The van der Waals surface area contributed by atoms with Crippen molar-refractivity contribution in [2.45, 2.75) is 31.3 Å². The van der Waals surface area contributed by atoms with Crippen LogP contribution in [-0.4, -0.2) is 55.7 Å². The molecule has 2 aromatic heterocycles. The van der Waals surface area contributed by atoms with Crippen LogP contribution in [0.5, 0.6) is 0 Å². The number of nitrogens with zero attached hydrogens (tertiary/aromatic N) is 4. The summed E-state index contributed by atoms with van der Waals surface area (Å²) in [5.41, 5.74) is 0.892. The van der Waals surface area contributed by atoms with Crippen molar-refractivity contribution < 1.29 is 17.7 Å². The first kappa shape index (κ1) is 19.5. The van der Waals surface area contributed by atoms with Crippen molar-refractivity contribution in [3.63, 3.8) is 0 Å². The van der Waals surface area contributed by atoms with Crippen molar-refractivity contribution in [3.05, 3.63) is 34.1 Å². The van der Waals surface area contributed by atoms with Gasteiger partial charge < -0.3 is 14.2 Å². The molecule has 0 bridgehead atoms. The Balaban J connectivity index is 1.58. The molecule has 11 heteroatoms. The van der Waals surface area contributed by atoms with E-state index >= 15 is 0 Å². The first-order chi connectivity index (χ1) is 12.8. The number of morpholine rings is 1. The number of aryl methyl sites for hydroxylation is 3. The summed E-state index contributed by atoms with van der Waals surface area (Å²) in [4.78, 5) is 13.9. The fourth-order valence-electron chi connectivity index (χ4n) is 3.05. The first-order valence-corrected chi connectivity index (χ1v) is 10.1. The number of anilines is 1. The predicted octanol–water partition coefficient (Wildman–Crippen LogP) is -0.0411. The maximum atomic E-state index is 12.4. The molecule has 0 saturated carbocycles. The molecule has 0 aromatic carbocycles. The van der Waals surface area contributed by atoms with Gasteiger partial charge in [-0.05, 0) is 20.3 Å². The van der Waals surface area contributed by atoms with Crippen LogP contribution in [0.2, 0.25) is 0 Å². The van der Waals surface area contributed by atoms with Crippen molar-refractivity contribution in [1.29, 1.82) is 0 Å². The highest BCUT2D eigenvalue weighted by Crippen LogP contribution is 2.19. The van der Waals surface area contributed by atoms with Crippen molar-refractivity contribution in [2.24, 2.45) is 7.05 Å². The maximum absolute atomic E-state index is 12.4. The number of nitrogens with one attached hydrogen (secondary N) is 1. The van der Waals surface area contributed by atoms with Gasteiger partial charge in [0.2, 0.25) is 10.0 Å². The van der Waals surface area contributed by atoms with Gasteiger partial charge >= 0.3 is 0 Å². The summed E-state index contributed by atoms with van der Waals surface area (Å²) >= 11 is 0. The highest BCUT2D eigenvalue weighted by Gasteiger charge is 2.25. The van der Waals surface area contributed by atoms with Crippen LogP contribution in [0.4, 0.5) is 5.69 Å². The van der Waals surface area contributed by atoms with Gasteiger partial charge in [-0.25, -0.2) is 17.8 Å². The second kappa shape index (κ2) is 7.79. The molecule has 0 spiro atoms. The number of hydrogen-bond donors (Lipinski definition) is 1. The smallest absolute Gasteiger partial charge is 0.268 e. The summed E-state index contributed by atoms with van der Waals surface area (Å²) in [7, 11) is -2.09. The van der Waals surface area contributed by atoms with Crippen LogP contribution in [0.15, 0.2) is 26.5 Å². The van der Waals surface area contributed by atoms with Gasteiger partial charge in [-0.3, -0.25) is 4.79 Å². The number of hydrogen-bond acceptors (Lipinski definition) is 8. The zero-order valence-electron chi connectivity index (χ0n) is 15.5. The minimum Gasteiger partial charge on any atom is -0.374 e.